The van der Waals surface area contributed by atoms with Gasteiger partial charge in [0.15, 0.2) is 5.78 Å². The average molecular weight is 316 g/mol. The van der Waals surface area contributed by atoms with Crippen molar-refractivity contribution in [1.82, 2.24) is 0 Å². The van der Waals surface area contributed by atoms with Gasteiger partial charge < -0.3 is 4.74 Å². The zero-order valence-electron chi connectivity index (χ0n) is 13.2. The maximum absolute atomic E-state index is 12.7. The SMILES string of the molecule is CC(=O)Oc1cccc(C(=O)c2cccc(-c3ccccc3)c2)c1. The Morgan fingerprint density at radius 3 is 2.04 bits per heavy atom. The van der Waals surface area contributed by atoms with Gasteiger partial charge in [-0.25, -0.2) is 0 Å². The Morgan fingerprint density at radius 1 is 0.708 bits per heavy atom. The highest BCUT2D eigenvalue weighted by Gasteiger charge is 2.11. The highest BCUT2D eigenvalue weighted by atomic mass is 16.5. The summed E-state index contributed by atoms with van der Waals surface area (Å²) in [5, 5.41) is 0. The summed E-state index contributed by atoms with van der Waals surface area (Å²) in [6.07, 6.45) is 0. The van der Waals surface area contributed by atoms with Crippen LogP contribution in [-0.4, -0.2) is 11.8 Å². The molecule has 3 nitrogen and oxygen atoms in total. The molecule has 0 aromatic heterocycles. The minimum absolute atomic E-state index is 0.109. The van der Waals surface area contributed by atoms with Gasteiger partial charge in [-0.15, -0.1) is 0 Å². The van der Waals surface area contributed by atoms with Gasteiger partial charge in [-0.1, -0.05) is 60.7 Å². The number of ether oxygens (including phenoxy) is 1. The maximum Gasteiger partial charge on any atom is 0.308 e. The van der Waals surface area contributed by atoms with E-state index in [1.54, 1.807) is 30.3 Å². The fourth-order valence-corrected chi connectivity index (χ4v) is 2.50. The first-order valence-corrected chi connectivity index (χ1v) is 7.62. The van der Waals surface area contributed by atoms with Gasteiger partial charge in [0.05, 0.1) is 0 Å². The summed E-state index contributed by atoms with van der Waals surface area (Å²) in [7, 11) is 0. The summed E-state index contributed by atoms with van der Waals surface area (Å²) in [6.45, 7) is 1.33. The normalized spacial score (nSPS) is 10.2. The number of hydrogen-bond acceptors (Lipinski definition) is 3. The number of esters is 1. The molecular formula is C21H16O3. The van der Waals surface area contributed by atoms with E-state index in [4.69, 9.17) is 4.74 Å². The van der Waals surface area contributed by atoms with Crippen LogP contribution in [0.2, 0.25) is 0 Å². The number of carbonyl (C=O) groups excluding carboxylic acids is 2. The minimum Gasteiger partial charge on any atom is -0.427 e. The van der Waals surface area contributed by atoms with Crippen molar-refractivity contribution < 1.29 is 14.3 Å². The molecule has 0 spiro atoms. The van der Waals surface area contributed by atoms with Crippen LogP contribution in [0.25, 0.3) is 11.1 Å². The standard InChI is InChI=1S/C21H16O3/c1-15(22)24-20-12-6-11-19(14-20)21(23)18-10-5-9-17(13-18)16-7-3-2-4-8-16/h2-14H,1H3. The van der Waals surface area contributed by atoms with Crippen LogP contribution < -0.4 is 4.74 Å². The molecule has 0 aliphatic heterocycles. The number of ketones is 1. The molecule has 0 radical (unpaired) electrons. The van der Waals surface area contributed by atoms with Crippen molar-refractivity contribution in [2.24, 2.45) is 0 Å². The van der Waals surface area contributed by atoms with E-state index in [0.717, 1.165) is 11.1 Å². The lowest BCUT2D eigenvalue weighted by molar-refractivity contribution is -0.131. The Hall–Kier alpha value is -3.20. The van der Waals surface area contributed by atoms with Crippen molar-refractivity contribution in [2.75, 3.05) is 0 Å². The molecule has 3 aromatic rings. The Kier molecular flexibility index (Phi) is 4.52. The summed E-state index contributed by atoms with van der Waals surface area (Å²) >= 11 is 0. The zero-order valence-corrected chi connectivity index (χ0v) is 13.2. The largest absolute Gasteiger partial charge is 0.427 e. The molecule has 0 saturated carbocycles. The number of carbonyl (C=O) groups is 2. The van der Waals surface area contributed by atoms with Gasteiger partial charge >= 0.3 is 5.97 Å². The van der Waals surface area contributed by atoms with E-state index in [1.807, 2.05) is 48.5 Å². The molecule has 0 aliphatic rings. The molecular weight excluding hydrogens is 300 g/mol. The molecule has 0 aliphatic carbocycles. The lowest BCUT2D eigenvalue weighted by Crippen LogP contribution is -2.04. The van der Waals surface area contributed by atoms with E-state index < -0.39 is 5.97 Å². The molecule has 3 aromatic carbocycles. The Balaban J connectivity index is 1.92. The topological polar surface area (TPSA) is 43.4 Å². The molecule has 0 unspecified atom stereocenters. The molecule has 0 heterocycles. The number of hydrogen-bond donors (Lipinski definition) is 0. The molecule has 0 N–H and O–H groups in total. The molecule has 0 bridgehead atoms. The minimum atomic E-state index is -0.411. The Bertz CT molecular complexity index is 882. The van der Waals surface area contributed by atoms with E-state index in [-0.39, 0.29) is 5.78 Å². The second-order valence-corrected chi connectivity index (χ2v) is 5.40. The third kappa shape index (κ3) is 3.58. The first-order valence-electron chi connectivity index (χ1n) is 7.62. The molecule has 24 heavy (non-hydrogen) atoms. The predicted molar refractivity (Wildman–Crippen MR) is 93.1 cm³/mol. The Morgan fingerprint density at radius 2 is 1.33 bits per heavy atom. The summed E-state index contributed by atoms with van der Waals surface area (Å²) in [5.74, 6) is -0.153. The van der Waals surface area contributed by atoms with Crippen LogP contribution >= 0.6 is 0 Å². The maximum atomic E-state index is 12.7. The Labute approximate surface area is 140 Å². The average Bonchev–Trinajstić information content (AvgIpc) is 2.62. The third-order valence-electron chi connectivity index (χ3n) is 3.59. The van der Waals surface area contributed by atoms with Crippen LogP contribution in [0.5, 0.6) is 5.75 Å². The fourth-order valence-electron chi connectivity index (χ4n) is 2.50. The van der Waals surface area contributed by atoms with Crippen molar-refractivity contribution >= 4 is 11.8 Å². The zero-order chi connectivity index (χ0) is 16.9. The van der Waals surface area contributed by atoms with Crippen LogP contribution in [0.3, 0.4) is 0 Å². The smallest absolute Gasteiger partial charge is 0.308 e. The van der Waals surface area contributed by atoms with Gasteiger partial charge in [-0.2, -0.15) is 0 Å². The lowest BCUT2D eigenvalue weighted by atomic mass is 9.98. The highest BCUT2D eigenvalue weighted by Crippen LogP contribution is 2.22. The molecule has 0 amide bonds. The summed E-state index contributed by atoms with van der Waals surface area (Å²) in [4.78, 5) is 23.8. The monoisotopic (exact) mass is 316 g/mol. The predicted octanol–water partition coefficient (Wildman–Crippen LogP) is 4.51. The van der Waals surface area contributed by atoms with Gasteiger partial charge in [-0.05, 0) is 29.3 Å². The first kappa shape index (κ1) is 15.7. The number of rotatable bonds is 4. The van der Waals surface area contributed by atoms with Crippen LogP contribution in [-0.2, 0) is 4.79 Å². The van der Waals surface area contributed by atoms with E-state index >= 15 is 0 Å². The van der Waals surface area contributed by atoms with E-state index in [1.165, 1.54) is 6.92 Å². The summed E-state index contributed by atoms with van der Waals surface area (Å²) < 4.78 is 5.04. The second-order valence-electron chi connectivity index (χ2n) is 5.40. The summed E-state index contributed by atoms with van der Waals surface area (Å²) in [5.41, 5.74) is 3.12. The lowest BCUT2D eigenvalue weighted by Gasteiger charge is -2.07. The molecule has 0 fully saturated rings. The van der Waals surface area contributed by atoms with E-state index in [9.17, 15) is 9.59 Å². The molecule has 0 atom stereocenters. The van der Waals surface area contributed by atoms with Gasteiger partial charge in [0.25, 0.3) is 0 Å². The van der Waals surface area contributed by atoms with Gasteiger partial charge in [0.1, 0.15) is 5.75 Å². The van der Waals surface area contributed by atoms with Crippen molar-refractivity contribution in [2.45, 2.75) is 6.92 Å². The van der Waals surface area contributed by atoms with E-state index in [0.29, 0.717) is 16.9 Å². The second kappa shape index (κ2) is 6.92. The van der Waals surface area contributed by atoms with Crippen LogP contribution in [0.15, 0.2) is 78.9 Å². The fraction of sp³-hybridized carbons (Fsp3) is 0.0476. The van der Waals surface area contributed by atoms with Crippen LogP contribution in [0, 0.1) is 0 Å². The third-order valence-corrected chi connectivity index (χ3v) is 3.59. The quantitative estimate of drug-likeness (QED) is 0.404. The van der Waals surface area contributed by atoms with Gasteiger partial charge in [0.2, 0.25) is 0 Å². The highest BCUT2D eigenvalue weighted by molar-refractivity contribution is 6.09. The van der Waals surface area contributed by atoms with Crippen molar-refractivity contribution in [1.29, 1.82) is 0 Å². The van der Waals surface area contributed by atoms with Crippen molar-refractivity contribution in [3.63, 3.8) is 0 Å². The molecule has 0 saturated heterocycles. The first-order chi connectivity index (χ1) is 11.6. The van der Waals surface area contributed by atoms with Crippen molar-refractivity contribution in [3.8, 4) is 16.9 Å². The molecule has 118 valence electrons. The molecule has 3 heteroatoms. The van der Waals surface area contributed by atoms with Gasteiger partial charge in [-0.3, -0.25) is 9.59 Å². The molecule has 3 rings (SSSR count). The summed E-state index contributed by atoms with van der Waals surface area (Å²) in [6, 6.07) is 24.0. The van der Waals surface area contributed by atoms with Crippen LogP contribution in [0.1, 0.15) is 22.8 Å². The van der Waals surface area contributed by atoms with Gasteiger partial charge in [0, 0.05) is 18.1 Å². The van der Waals surface area contributed by atoms with E-state index in [2.05, 4.69) is 0 Å². The van der Waals surface area contributed by atoms with Crippen molar-refractivity contribution in [3.05, 3.63) is 90.0 Å². The van der Waals surface area contributed by atoms with Crippen LogP contribution in [0.4, 0.5) is 0 Å². The number of benzene rings is 3.